The zero-order valence-electron chi connectivity index (χ0n) is 6.40. The number of nitrogens with zero attached hydrogens (tertiary/aromatic N) is 1. The molecule has 0 fully saturated rings. The van der Waals surface area contributed by atoms with Gasteiger partial charge in [-0.05, 0) is 22.0 Å². The van der Waals surface area contributed by atoms with Gasteiger partial charge in [-0.25, -0.2) is 13.8 Å². The van der Waals surface area contributed by atoms with E-state index in [9.17, 15) is 8.78 Å². The first-order valence-electron chi connectivity index (χ1n) is 3.39. The second kappa shape index (κ2) is 4.30. The van der Waals surface area contributed by atoms with Crippen LogP contribution >= 0.6 is 27.5 Å². The average Bonchev–Trinajstić information content (AvgIpc) is 2.08. The molecule has 0 aliphatic carbocycles. The van der Waals surface area contributed by atoms with Crippen LogP contribution in [0.25, 0.3) is 0 Å². The van der Waals surface area contributed by atoms with Crippen LogP contribution in [0.5, 0.6) is 0 Å². The lowest BCUT2D eigenvalue weighted by molar-refractivity contribution is 0.149. The second-order valence-corrected chi connectivity index (χ2v) is 3.51. The van der Waals surface area contributed by atoms with Gasteiger partial charge < -0.3 is 5.73 Å². The number of halogens is 4. The summed E-state index contributed by atoms with van der Waals surface area (Å²) in [5, 5.41) is 0.143. The van der Waals surface area contributed by atoms with E-state index in [-0.39, 0.29) is 23.0 Å². The smallest absolute Gasteiger partial charge is 0.265 e. The van der Waals surface area contributed by atoms with Crippen molar-refractivity contribution in [3.63, 3.8) is 0 Å². The molecule has 72 valence electrons. The first-order chi connectivity index (χ1) is 6.06. The van der Waals surface area contributed by atoms with E-state index in [1.807, 2.05) is 0 Å². The molecular weight excluding hydrogens is 265 g/mol. The molecule has 1 aromatic rings. The van der Waals surface area contributed by atoms with E-state index in [1.54, 1.807) is 0 Å². The van der Waals surface area contributed by atoms with Gasteiger partial charge in [-0.2, -0.15) is 0 Å². The molecule has 0 radical (unpaired) electrons. The molecule has 2 N–H and O–H groups in total. The van der Waals surface area contributed by atoms with Crippen LogP contribution in [0, 0.1) is 0 Å². The van der Waals surface area contributed by atoms with Gasteiger partial charge in [0.15, 0.2) is 0 Å². The Balaban J connectivity index is 3.25. The minimum Gasteiger partial charge on any atom is -0.325 e. The quantitative estimate of drug-likeness (QED) is 0.840. The van der Waals surface area contributed by atoms with E-state index in [0.717, 1.165) is 0 Å². The molecule has 0 saturated carbocycles. The van der Waals surface area contributed by atoms with Crippen molar-refractivity contribution in [1.29, 1.82) is 0 Å². The molecule has 0 aromatic carbocycles. The fourth-order valence-electron chi connectivity index (χ4n) is 0.868. The van der Waals surface area contributed by atoms with Crippen LogP contribution < -0.4 is 5.73 Å². The Morgan fingerprint density at radius 3 is 2.69 bits per heavy atom. The van der Waals surface area contributed by atoms with Crippen LogP contribution in [0.2, 0.25) is 5.15 Å². The number of aromatic nitrogens is 1. The third-order valence-electron chi connectivity index (χ3n) is 1.47. The average molecular weight is 271 g/mol. The highest BCUT2D eigenvalue weighted by atomic mass is 79.9. The number of hydrogen-bond acceptors (Lipinski definition) is 2. The maximum Gasteiger partial charge on any atom is 0.265 e. The lowest BCUT2D eigenvalue weighted by Crippen LogP contribution is -2.05. The van der Waals surface area contributed by atoms with Crippen LogP contribution in [0.1, 0.15) is 17.7 Å². The Morgan fingerprint density at radius 2 is 2.23 bits per heavy atom. The Hall–Kier alpha value is -0.260. The van der Waals surface area contributed by atoms with Crippen LogP contribution in [-0.2, 0) is 6.54 Å². The molecule has 1 rings (SSSR count). The van der Waals surface area contributed by atoms with Crippen molar-refractivity contribution >= 4 is 27.5 Å². The van der Waals surface area contributed by atoms with Crippen molar-refractivity contribution in [3.05, 3.63) is 26.9 Å². The fraction of sp³-hybridized carbons (Fsp3) is 0.286. The minimum atomic E-state index is -2.58. The van der Waals surface area contributed by atoms with E-state index in [0.29, 0.717) is 4.47 Å². The molecule has 1 heterocycles. The van der Waals surface area contributed by atoms with E-state index in [4.69, 9.17) is 17.3 Å². The number of rotatable bonds is 2. The lowest BCUT2D eigenvalue weighted by atomic mass is 10.2. The number of alkyl halides is 2. The normalized spacial score (nSPS) is 10.9. The maximum atomic E-state index is 12.4. The van der Waals surface area contributed by atoms with Crippen LogP contribution in [0.15, 0.2) is 10.5 Å². The molecular formula is C7H6BrClF2N2. The second-order valence-electron chi connectivity index (χ2n) is 2.30. The first kappa shape index (κ1) is 10.8. The third kappa shape index (κ3) is 2.36. The van der Waals surface area contributed by atoms with Gasteiger partial charge in [-0.3, -0.25) is 0 Å². The summed E-state index contributed by atoms with van der Waals surface area (Å²) in [7, 11) is 0. The molecule has 0 aliphatic heterocycles. The van der Waals surface area contributed by atoms with Gasteiger partial charge in [0.1, 0.15) is 5.15 Å². The van der Waals surface area contributed by atoms with Crippen molar-refractivity contribution < 1.29 is 8.78 Å². The molecule has 6 heteroatoms. The van der Waals surface area contributed by atoms with Gasteiger partial charge in [0.25, 0.3) is 6.43 Å². The summed E-state index contributed by atoms with van der Waals surface area (Å²) in [4.78, 5) is 3.73. The van der Waals surface area contributed by atoms with Crippen LogP contribution in [0.3, 0.4) is 0 Å². The monoisotopic (exact) mass is 270 g/mol. The molecule has 0 aliphatic rings. The molecule has 0 atom stereocenters. The zero-order chi connectivity index (χ0) is 10.0. The first-order valence-corrected chi connectivity index (χ1v) is 4.56. The van der Waals surface area contributed by atoms with E-state index < -0.39 is 6.43 Å². The molecule has 13 heavy (non-hydrogen) atoms. The Bertz CT molecular complexity index is 320. The standard InChI is InChI=1S/C7H6BrClF2N2/c8-4-1-3(7(10)11)5(2-12)13-6(4)9/h1,7H,2,12H2. The van der Waals surface area contributed by atoms with Crippen molar-refractivity contribution in [3.8, 4) is 0 Å². The SMILES string of the molecule is NCc1nc(Cl)c(Br)cc1C(F)F. The highest BCUT2D eigenvalue weighted by Gasteiger charge is 2.15. The van der Waals surface area contributed by atoms with Crippen LogP contribution in [0.4, 0.5) is 8.78 Å². The predicted molar refractivity (Wildman–Crippen MR) is 49.8 cm³/mol. The fourth-order valence-corrected chi connectivity index (χ4v) is 1.36. The topological polar surface area (TPSA) is 38.9 Å². The predicted octanol–water partition coefficient (Wildman–Crippen LogP) is 2.89. The maximum absolute atomic E-state index is 12.4. The molecule has 1 aromatic heterocycles. The summed E-state index contributed by atoms with van der Waals surface area (Å²) < 4.78 is 25.1. The molecule has 0 spiro atoms. The van der Waals surface area contributed by atoms with Gasteiger partial charge in [0.2, 0.25) is 0 Å². The molecule has 0 saturated heterocycles. The molecule has 0 amide bonds. The summed E-state index contributed by atoms with van der Waals surface area (Å²) in [6.07, 6.45) is -2.58. The van der Waals surface area contributed by atoms with Gasteiger partial charge in [-0.15, -0.1) is 0 Å². The Kier molecular flexibility index (Phi) is 3.58. The number of pyridine rings is 1. The summed E-state index contributed by atoms with van der Waals surface area (Å²) in [5.41, 5.74) is 5.18. The van der Waals surface area contributed by atoms with Crippen molar-refractivity contribution in [2.45, 2.75) is 13.0 Å². The summed E-state index contributed by atoms with van der Waals surface area (Å²) in [5.74, 6) is 0. The van der Waals surface area contributed by atoms with Gasteiger partial charge >= 0.3 is 0 Å². The van der Waals surface area contributed by atoms with Crippen molar-refractivity contribution in [2.24, 2.45) is 5.73 Å². The number of hydrogen-bond donors (Lipinski definition) is 1. The number of nitrogens with two attached hydrogens (primary N) is 1. The minimum absolute atomic E-state index is 0.0489. The van der Waals surface area contributed by atoms with Gasteiger partial charge in [0, 0.05) is 12.1 Å². The highest BCUT2D eigenvalue weighted by Crippen LogP contribution is 2.28. The van der Waals surface area contributed by atoms with Gasteiger partial charge in [0.05, 0.1) is 10.2 Å². The summed E-state index contributed by atoms with van der Waals surface area (Å²) >= 11 is 8.62. The Morgan fingerprint density at radius 1 is 1.62 bits per heavy atom. The van der Waals surface area contributed by atoms with E-state index >= 15 is 0 Å². The zero-order valence-corrected chi connectivity index (χ0v) is 8.74. The van der Waals surface area contributed by atoms with Crippen molar-refractivity contribution in [1.82, 2.24) is 4.98 Å². The van der Waals surface area contributed by atoms with Crippen LogP contribution in [-0.4, -0.2) is 4.98 Å². The molecule has 0 unspecified atom stereocenters. The van der Waals surface area contributed by atoms with E-state index in [2.05, 4.69) is 20.9 Å². The van der Waals surface area contributed by atoms with E-state index in [1.165, 1.54) is 6.07 Å². The summed E-state index contributed by atoms with van der Waals surface area (Å²) in [6, 6.07) is 1.24. The Labute approximate surface area is 87.2 Å². The highest BCUT2D eigenvalue weighted by molar-refractivity contribution is 9.10. The van der Waals surface area contributed by atoms with Gasteiger partial charge in [-0.1, -0.05) is 11.6 Å². The largest absolute Gasteiger partial charge is 0.325 e. The molecule has 2 nitrogen and oxygen atoms in total. The summed E-state index contributed by atoms with van der Waals surface area (Å²) in [6.45, 7) is -0.0489. The third-order valence-corrected chi connectivity index (χ3v) is 2.59. The van der Waals surface area contributed by atoms with Crippen molar-refractivity contribution in [2.75, 3.05) is 0 Å². The lowest BCUT2D eigenvalue weighted by Gasteiger charge is -2.07. The molecule has 0 bridgehead atoms.